The van der Waals surface area contributed by atoms with Crippen molar-refractivity contribution in [1.82, 2.24) is 19.7 Å². The van der Waals surface area contributed by atoms with Gasteiger partial charge in [0.05, 0.1) is 23.6 Å². The Bertz CT molecular complexity index is 1180. The number of carbonyl (C=O) groups is 1. The highest BCUT2D eigenvalue weighted by molar-refractivity contribution is 5.77. The maximum Gasteiger partial charge on any atom is 0.306 e. The molecular formula is C19H16N4O5. The Balaban J connectivity index is 1.37. The van der Waals surface area contributed by atoms with E-state index >= 15 is 0 Å². The topological polar surface area (TPSA) is 113 Å². The molecule has 4 aromatic rings. The van der Waals surface area contributed by atoms with Crippen molar-refractivity contribution in [3.8, 4) is 11.7 Å². The minimum Gasteiger partial charge on any atom is -0.459 e. The molecule has 0 unspecified atom stereocenters. The molecule has 0 spiro atoms. The van der Waals surface area contributed by atoms with E-state index in [1.807, 2.05) is 6.07 Å². The largest absolute Gasteiger partial charge is 0.459 e. The summed E-state index contributed by atoms with van der Waals surface area (Å²) >= 11 is 0. The molecule has 0 bridgehead atoms. The SMILES string of the molecule is Cn1c(CCC(=O)OCc2nnc(-c3ccco3)o2)nc2ccccc2c1=O. The van der Waals surface area contributed by atoms with Gasteiger partial charge in [0.15, 0.2) is 12.4 Å². The molecule has 0 saturated heterocycles. The Labute approximate surface area is 158 Å². The lowest BCUT2D eigenvalue weighted by molar-refractivity contribution is -0.145. The smallest absolute Gasteiger partial charge is 0.306 e. The molecule has 0 N–H and O–H groups in total. The highest BCUT2D eigenvalue weighted by Crippen LogP contribution is 2.18. The molecule has 0 saturated carbocycles. The summed E-state index contributed by atoms with van der Waals surface area (Å²) in [5.74, 6) is 0.870. The van der Waals surface area contributed by atoms with Crippen LogP contribution in [0, 0.1) is 0 Å². The van der Waals surface area contributed by atoms with E-state index in [9.17, 15) is 9.59 Å². The molecule has 3 aromatic heterocycles. The van der Waals surface area contributed by atoms with Gasteiger partial charge in [0.25, 0.3) is 17.3 Å². The van der Waals surface area contributed by atoms with Crippen molar-refractivity contribution >= 4 is 16.9 Å². The number of benzene rings is 1. The average molecular weight is 380 g/mol. The Hall–Kier alpha value is -3.75. The van der Waals surface area contributed by atoms with Crippen LogP contribution in [0.1, 0.15) is 18.1 Å². The summed E-state index contributed by atoms with van der Waals surface area (Å²) in [4.78, 5) is 28.9. The minimum absolute atomic E-state index is 0.0673. The number of carbonyl (C=O) groups excluding carboxylic acids is 1. The number of nitrogens with zero attached hydrogens (tertiary/aromatic N) is 4. The molecule has 0 amide bonds. The lowest BCUT2D eigenvalue weighted by Gasteiger charge is -2.08. The van der Waals surface area contributed by atoms with Crippen LogP contribution in [0.15, 0.2) is 56.3 Å². The van der Waals surface area contributed by atoms with Crippen LogP contribution in [0.2, 0.25) is 0 Å². The molecule has 0 aliphatic rings. The number of aromatic nitrogens is 4. The first-order chi connectivity index (χ1) is 13.6. The van der Waals surface area contributed by atoms with Crippen molar-refractivity contribution in [2.24, 2.45) is 7.05 Å². The van der Waals surface area contributed by atoms with Gasteiger partial charge in [-0.15, -0.1) is 10.2 Å². The highest BCUT2D eigenvalue weighted by atomic mass is 16.5. The monoisotopic (exact) mass is 380 g/mol. The molecule has 9 heteroatoms. The van der Waals surface area contributed by atoms with Gasteiger partial charge >= 0.3 is 5.97 Å². The van der Waals surface area contributed by atoms with Crippen LogP contribution >= 0.6 is 0 Å². The average Bonchev–Trinajstić information content (AvgIpc) is 3.39. The van der Waals surface area contributed by atoms with Crippen LogP contribution in [-0.4, -0.2) is 25.7 Å². The van der Waals surface area contributed by atoms with Crippen molar-refractivity contribution in [3.63, 3.8) is 0 Å². The zero-order chi connectivity index (χ0) is 19.5. The maximum atomic E-state index is 12.4. The van der Waals surface area contributed by atoms with Crippen molar-refractivity contribution in [1.29, 1.82) is 0 Å². The predicted molar refractivity (Wildman–Crippen MR) is 97.1 cm³/mol. The summed E-state index contributed by atoms with van der Waals surface area (Å²) < 4.78 is 17.1. The van der Waals surface area contributed by atoms with Gasteiger partial charge in [0.2, 0.25) is 0 Å². The Morgan fingerprint density at radius 2 is 2.04 bits per heavy atom. The molecule has 0 radical (unpaired) electrons. The summed E-state index contributed by atoms with van der Waals surface area (Å²) in [6.45, 7) is -0.142. The van der Waals surface area contributed by atoms with E-state index < -0.39 is 5.97 Å². The number of rotatable bonds is 6. The highest BCUT2D eigenvalue weighted by Gasteiger charge is 2.14. The molecule has 1 aromatic carbocycles. The van der Waals surface area contributed by atoms with Crippen LogP contribution in [0.25, 0.3) is 22.6 Å². The zero-order valence-corrected chi connectivity index (χ0v) is 15.0. The zero-order valence-electron chi connectivity index (χ0n) is 15.0. The second-order valence-electron chi connectivity index (χ2n) is 6.05. The maximum absolute atomic E-state index is 12.4. The number of hydrogen-bond donors (Lipinski definition) is 0. The quantitative estimate of drug-likeness (QED) is 0.468. The van der Waals surface area contributed by atoms with E-state index in [-0.39, 0.29) is 36.8 Å². The normalized spacial score (nSPS) is 11.0. The van der Waals surface area contributed by atoms with Gasteiger partial charge in [-0.2, -0.15) is 0 Å². The number of fused-ring (bicyclic) bond motifs is 1. The lowest BCUT2D eigenvalue weighted by atomic mass is 10.2. The van der Waals surface area contributed by atoms with Crippen molar-refractivity contribution in [3.05, 3.63) is 64.7 Å². The number of esters is 1. The molecule has 0 atom stereocenters. The number of furan rings is 1. The fourth-order valence-corrected chi connectivity index (χ4v) is 2.73. The standard InChI is InChI=1S/C19H16N4O5/c1-23-15(20-13-6-3-2-5-12(13)19(23)25)8-9-17(24)27-11-16-21-22-18(28-16)14-7-4-10-26-14/h2-7,10H,8-9,11H2,1H3. The third-order valence-electron chi connectivity index (χ3n) is 4.18. The Morgan fingerprint density at radius 1 is 1.18 bits per heavy atom. The van der Waals surface area contributed by atoms with Crippen LogP contribution < -0.4 is 5.56 Å². The van der Waals surface area contributed by atoms with Gasteiger partial charge in [-0.3, -0.25) is 14.2 Å². The summed E-state index contributed by atoms with van der Waals surface area (Å²) in [6.07, 6.45) is 1.84. The van der Waals surface area contributed by atoms with E-state index in [0.29, 0.717) is 22.5 Å². The summed E-state index contributed by atoms with van der Waals surface area (Å²) in [5, 5.41) is 8.18. The van der Waals surface area contributed by atoms with Gasteiger partial charge < -0.3 is 13.6 Å². The first-order valence-corrected chi connectivity index (χ1v) is 8.58. The second-order valence-corrected chi connectivity index (χ2v) is 6.05. The summed E-state index contributed by atoms with van der Waals surface area (Å²) in [6, 6.07) is 10.5. The second kappa shape index (κ2) is 7.47. The van der Waals surface area contributed by atoms with Crippen molar-refractivity contribution in [2.75, 3.05) is 0 Å². The predicted octanol–water partition coefficient (Wildman–Crippen LogP) is 2.25. The van der Waals surface area contributed by atoms with E-state index in [4.69, 9.17) is 13.6 Å². The van der Waals surface area contributed by atoms with Gasteiger partial charge in [0, 0.05) is 13.5 Å². The first kappa shape index (κ1) is 17.7. The molecular weight excluding hydrogens is 364 g/mol. The van der Waals surface area contributed by atoms with Crippen molar-refractivity contribution in [2.45, 2.75) is 19.4 Å². The molecule has 28 heavy (non-hydrogen) atoms. The molecule has 9 nitrogen and oxygen atoms in total. The van der Waals surface area contributed by atoms with Crippen LogP contribution in [0.3, 0.4) is 0 Å². The molecule has 4 rings (SSSR count). The first-order valence-electron chi connectivity index (χ1n) is 8.58. The van der Waals surface area contributed by atoms with E-state index in [1.54, 1.807) is 37.4 Å². The molecule has 0 aliphatic heterocycles. The summed E-state index contributed by atoms with van der Waals surface area (Å²) in [5.41, 5.74) is 0.454. The third kappa shape index (κ3) is 3.54. The minimum atomic E-state index is -0.458. The van der Waals surface area contributed by atoms with Crippen molar-refractivity contribution < 1.29 is 18.4 Å². The fraction of sp³-hybridized carbons (Fsp3) is 0.211. The molecule has 0 fully saturated rings. The van der Waals surface area contributed by atoms with Gasteiger partial charge in [-0.1, -0.05) is 12.1 Å². The number of ether oxygens (including phenoxy) is 1. The third-order valence-corrected chi connectivity index (χ3v) is 4.18. The van der Waals surface area contributed by atoms with Crippen LogP contribution in [0.5, 0.6) is 0 Å². The lowest BCUT2D eigenvalue weighted by Crippen LogP contribution is -2.23. The number of hydrogen-bond acceptors (Lipinski definition) is 8. The molecule has 142 valence electrons. The van der Waals surface area contributed by atoms with Gasteiger partial charge in [-0.05, 0) is 24.3 Å². The van der Waals surface area contributed by atoms with E-state index in [2.05, 4.69) is 15.2 Å². The van der Waals surface area contributed by atoms with Crippen LogP contribution in [-0.2, 0) is 29.6 Å². The Morgan fingerprint density at radius 3 is 2.86 bits per heavy atom. The van der Waals surface area contributed by atoms with E-state index in [1.165, 1.54) is 10.8 Å². The van der Waals surface area contributed by atoms with Gasteiger partial charge in [0.1, 0.15) is 5.82 Å². The fourth-order valence-electron chi connectivity index (χ4n) is 2.73. The molecule has 3 heterocycles. The number of para-hydroxylation sites is 1. The van der Waals surface area contributed by atoms with Crippen LogP contribution in [0.4, 0.5) is 0 Å². The molecule has 0 aliphatic carbocycles. The summed E-state index contributed by atoms with van der Waals surface area (Å²) in [7, 11) is 1.64. The van der Waals surface area contributed by atoms with Gasteiger partial charge in [-0.25, -0.2) is 4.98 Å². The number of aryl methyl sites for hydroxylation is 1. The van der Waals surface area contributed by atoms with E-state index in [0.717, 1.165) is 0 Å². The Kier molecular flexibility index (Phi) is 4.71.